The molecule has 0 aliphatic heterocycles. The summed E-state index contributed by atoms with van der Waals surface area (Å²) in [5.41, 5.74) is 7.22. The summed E-state index contributed by atoms with van der Waals surface area (Å²) in [4.78, 5) is 3.96. The molecule has 1 fully saturated rings. The molecule has 0 aromatic carbocycles. The van der Waals surface area contributed by atoms with Crippen LogP contribution in [0.1, 0.15) is 44.1 Å². The highest BCUT2D eigenvalue weighted by Gasteiger charge is 2.26. The molecule has 1 aromatic rings. The summed E-state index contributed by atoms with van der Waals surface area (Å²) in [5, 5.41) is 0.657. The lowest BCUT2D eigenvalue weighted by atomic mass is 9.93. The Morgan fingerprint density at radius 2 is 2.00 bits per heavy atom. The average Bonchev–Trinajstić information content (AvgIpc) is 2.57. The van der Waals surface area contributed by atoms with Crippen molar-refractivity contribution in [2.45, 2.75) is 50.7 Å². The number of halogens is 1. The van der Waals surface area contributed by atoms with Crippen LogP contribution in [-0.2, 0) is 11.3 Å². The number of hydrogen-bond acceptors (Lipinski definition) is 3. The Morgan fingerprint density at radius 1 is 1.28 bits per heavy atom. The smallest absolute Gasteiger partial charge is 0.0733 e. The summed E-state index contributed by atoms with van der Waals surface area (Å²) in [5.74, 6) is 0. The maximum Gasteiger partial charge on any atom is 0.0733 e. The topological polar surface area (TPSA) is 48.1 Å². The molecule has 2 N–H and O–H groups in total. The highest BCUT2D eigenvalue weighted by atomic mass is 35.5. The van der Waals surface area contributed by atoms with Gasteiger partial charge in [-0.15, -0.1) is 0 Å². The van der Waals surface area contributed by atoms with Gasteiger partial charge in [-0.25, -0.2) is 0 Å². The lowest BCUT2D eigenvalue weighted by molar-refractivity contribution is 0.0667. The van der Waals surface area contributed by atoms with Crippen LogP contribution in [0.2, 0.25) is 5.02 Å². The zero-order chi connectivity index (χ0) is 12.8. The van der Waals surface area contributed by atoms with Crippen LogP contribution in [0.5, 0.6) is 0 Å². The second-order valence-corrected chi connectivity index (χ2v) is 5.64. The quantitative estimate of drug-likeness (QED) is 0.853. The molecule has 4 heteroatoms. The summed E-state index contributed by atoms with van der Waals surface area (Å²) in [6.45, 7) is 1.13. The SMILES string of the molecule is NC1(COCc2ccncc2Cl)CCCCCC1. The van der Waals surface area contributed by atoms with Gasteiger partial charge in [0.25, 0.3) is 0 Å². The van der Waals surface area contributed by atoms with Crippen LogP contribution in [0.4, 0.5) is 0 Å². The molecule has 0 radical (unpaired) electrons. The van der Waals surface area contributed by atoms with Crippen molar-refractivity contribution in [2.24, 2.45) is 5.73 Å². The first-order valence-electron chi connectivity index (χ1n) is 6.65. The van der Waals surface area contributed by atoms with Crippen molar-refractivity contribution >= 4 is 11.6 Å². The van der Waals surface area contributed by atoms with E-state index in [0.29, 0.717) is 18.2 Å². The monoisotopic (exact) mass is 268 g/mol. The van der Waals surface area contributed by atoms with E-state index in [1.54, 1.807) is 12.4 Å². The zero-order valence-corrected chi connectivity index (χ0v) is 11.5. The van der Waals surface area contributed by atoms with Gasteiger partial charge in [-0.2, -0.15) is 0 Å². The number of hydrogen-bond donors (Lipinski definition) is 1. The third kappa shape index (κ3) is 3.94. The van der Waals surface area contributed by atoms with E-state index in [-0.39, 0.29) is 5.54 Å². The average molecular weight is 269 g/mol. The summed E-state index contributed by atoms with van der Waals surface area (Å²) < 4.78 is 5.76. The summed E-state index contributed by atoms with van der Waals surface area (Å²) in [7, 11) is 0. The van der Waals surface area contributed by atoms with Crippen LogP contribution in [-0.4, -0.2) is 17.1 Å². The minimum atomic E-state index is -0.143. The maximum atomic E-state index is 6.39. The van der Waals surface area contributed by atoms with Crippen molar-refractivity contribution in [3.63, 3.8) is 0 Å². The minimum absolute atomic E-state index is 0.143. The third-order valence-corrected chi connectivity index (χ3v) is 3.94. The van der Waals surface area contributed by atoms with Crippen LogP contribution in [0.3, 0.4) is 0 Å². The van der Waals surface area contributed by atoms with E-state index in [1.165, 1.54) is 25.7 Å². The van der Waals surface area contributed by atoms with Gasteiger partial charge in [-0.3, -0.25) is 4.98 Å². The van der Waals surface area contributed by atoms with Gasteiger partial charge in [0.1, 0.15) is 0 Å². The number of aromatic nitrogens is 1. The van der Waals surface area contributed by atoms with Gasteiger partial charge in [0.05, 0.1) is 18.2 Å². The predicted molar refractivity (Wildman–Crippen MR) is 73.5 cm³/mol. The molecule has 0 spiro atoms. The molecule has 1 aliphatic carbocycles. The van der Waals surface area contributed by atoms with Gasteiger partial charge in [-0.1, -0.05) is 37.3 Å². The standard InChI is InChI=1S/C14H21ClN2O/c15-13-9-17-8-5-12(13)10-18-11-14(16)6-3-1-2-4-7-14/h5,8-9H,1-4,6-7,10-11,16H2. The van der Waals surface area contributed by atoms with Crippen molar-refractivity contribution in [1.82, 2.24) is 4.98 Å². The largest absolute Gasteiger partial charge is 0.375 e. The fourth-order valence-electron chi connectivity index (χ4n) is 2.46. The number of ether oxygens (including phenoxy) is 1. The minimum Gasteiger partial charge on any atom is -0.375 e. The molecule has 3 nitrogen and oxygen atoms in total. The van der Waals surface area contributed by atoms with Gasteiger partial charge in [-0.05, 0) is 24.5 Å². The molecular formula is C14H21ClN2O. The van der Waals surface area contributed by atoms with Gasteiger partial charge in [0, 0.05) is 17.9 Å². The van der Waals surface area contributed by atoms with E-state index in [1.807, 2.05) is 6.07 Å². The fraction of sp³-hybridized carbons (Fsp3) is 0.643. The zero-order valence-electron chi connectivity index (χ0n) is 10.7. The highest BCUT2D eigenvalue weighted by molar-refractivity contribution is 6.31. The Bertz CT molecular complexity index is 376. The van der Waals surface area contributed by atoms with Crippen molar-refractivity contribution in [3.05, 3.63) is 29.0 Å². The molecule has 0 unspecified atom stereocenters. The molecule has 1 heterocycles. The Hall–Kier alpha value is -0.640. The van der Waals surface area contributed by atoms with E-state index in [9.17, 15) is 0 Å². The second kappa shape index (κ2) is 6.50. The first-order chi connectivity index (χ1) is 8.70. The first-order valence-corrected chi connectivity index (χ1v) is 7.02. The van der Waals surface area contributed by atoms with Crippen LogP contribution in [0.25, 0.3) is 0 Å². The predicted octanol–water partition coefficient (Wildman–Crippen LogP) is 3.30. The Kier molecular flexibility index (Phi) is 4.98. The number of pyridine rings is 1. The molecule has 0 atom stereocenters. The maximum absolute atomic E-state index is 6.39. The van der Waals surface area contributed by atoms with E-state index >= 15 is 0 Å². The Labute approximate surface area is 114 Å². The highest BCUT2D eigenvalue weighted by Crippen LogP contribution is 2.25. The van der Waals surface area contributed by atoms with Crippen LogP contribution >= 0.6 is 11.6 Å². The first kappa shape index (κ1) is 13.8. The van der Waals surface area contributed by atoms with Crippen molar-refractivity contribution in [1.29, 1.82) is 0 Å². The molecular weight excluding hydrogens is 248 g/mol. The van der Waals surface area contributed by atoms with Crippen LogP contribution in [0, 0.1) is 0 Å². The van der Waals surface area contributed by atoms with E-state index in [4.69, 9.17) is 22.1 Å². The summed E-state index contributed by atoms with van der Waals surface area (Å²) in [6, 6.07) is 1.89. The molecule has 2 rings (SSSR count). The fourth-order valence-corrected chi connectivity index (χ4v) is 2.64. The molecule has 1 aliphatic rings. The van der Waals surface area contributed by atoms with Gasteiger partial charge in [0.15, 0.2) is 0 Å². The molecule has 1 saturated carbocycles. The molecule has 0 bridgehead atoms. The summed E-state index contributed by atoms with van der Waals surface area (Å²) >= 11 is 6.03. The van der Waals surface area contributed by atoms with E-state index in [2.05, 4.69) is 4.98 Å². The number of rotatable bonds is 4. The van der Waals surface area contributed by atoms with E-state index in [0.717, 1.165) is 18.4 Å². The molecule has 100 valence electrons. The number of nitrogens with two attached hydrogens (primary N) is 1. The van der Waals surface area contributed by atoms with E-state index < -0.39 is 0 Å². The summed E-state index contributed by atoms with van der Waals surface area (Å²) in [6.07, 6.45) is 10.5. The van der Waals surface area contributed by atoms with Crippen LogP contribution in [0.15, 0.2) is 18.5 Å². The van der Waals surface area contributed by atoms with Crippen molar-refractivity contribution in [3.8, 4) is 0 Å². The van der Waals surface area contributed by atoms with Crippen LogP contribution < -0.4 is 5.73 Å². The van der Waals surface area contributed by atoms with Gasteiger partial charge in [0.2, 0.25) is 0 Å². The van der Waals surface area contributed by atoms with Gasteiger partial charge < -0.3 is 10.5 Å². The molecule has 0 amide bonds. The Balaban J connectivity index is 1.82. The van der Waals surface area contributed by atoms with Crippen molar-refractivity contribution < 1.29 is 4.74 Å². The normalized spacial score (nSPS) is 19.4. The molecule has 18 heavy (non-hydrogen) atoms. The van der Waals surface area contributed by atoms with Crippen molar-refractivity contribution in [2.75, 3.05) is 6.61 Å². The lowest BCUT2D eigenvalue weighted by Crippen LogP contribution is -2.43. The van der Waals surface area contributed by atoms with Gasteiger partial charge >= 0.3 is 0 Å². The number of nitrogens with zero attached hydrogens (tertiary/aromatic N) is 1. The Morgan fingerprint density at radius 3 is 2.67 bits per heavy atom. The third-order valence-electron chi connectivity index (χ3n) is 3.60. The lowest BCUT2D eigenvalue weighted by Gasteiger charge is -2.27. The second-order valence-electron chi connectivity index (χ2n) is 5.24. The molecule has 0 saturated heterocycles. The molecule has 1 aromatic heterocycles.